The van der Waals surface area contributed by atoms with E-state index in [0.717, 1.165) is 5.56 Å². The lowest BCUT2D eigenvalue weighted by atomic mass is 10.2. The summed E-state index contributed by atoms with van der Waals surface area (Å²) in [5.74, 6) is 0.704. The van der Waals surface area contributed by atoms with Crippen molar-refractivity contribution in [3.8, 4) is 0 Å². The summed E-state index contributed by atoms with van der Waals surface area (Å²) in [6, 6.07) is 9.81. The zero-order chi connectivity index (χ0) is 22.0. The van der Waals surface area contributed by atoms with Gasteiger partial charge in [0.2, 0.25) is 0 Å². The molecule has 1 saturated heterocycles. The lowest BCUT2D eigenvalue weighted by molar-refractivity contribution is 0.0769. The number of amides is 1. The highest BCUT2D eigenvalue weighted by molar-refractivity contribution is 5.71. The van der Waals surface area contributed by atoms with Crippen LogP contribution in [0.4, 0.5) is 4.79 Å². The van der Waals surface area contributed by atoms with Gasteiger partial charge in [0.05, 0.1) is 13.2 Å². The fourth-order valence-electron chi connectivity index (χ4n) is 3.84. The summed E-state index contributed by atoms with van der Waals surface area (Å²) in [6.45, 7) is 5.59. The minimum atomic E-state index is -0.489. The third-order valence-corrected chi connectivity index (χ3v) is 5.53. The third kappa shape index (κ3) is 4.24. The molecule has 1 fully saturated rings. The SMILES string of the molecule is CCOC(=O)N1CCN(Cc2nc3c(c(=O)[nH]c(=O)n3C)n2Cc2ccccc2)CC1. The molecule has 164 valence electrons. The van der Waals surface area contributed by atoms with Crippen molar-refractivity contribution in [1.29, 1.82) is 0 Å². The lowest BCUT2D eigenvalue weighted by Crippen LogP contribution is -2.48. The number of hydrogen-bond acceptors (Lipinski definition) is 6. The summed E-state index contributed by atoms with van der Waals surface area (Å²) in [4.78, 5) is 47.6. The molecule has 1 aliphatic heterocycles. The molecule has 1 aromatic carbocycles. The number of aromatic amines is 1. The maximum absolute atomic E-state index is 12.6. The van der Waals surface area contributed by atoms with E-state index >= 15 is 0 Å². The number of aryl methyl sites for hydroxylation is 1. The third-order valence-electron chi connectivity index (χ3n) is 5.53. The summed E-state index contributed by atoms with van der Waals surface area (Å²) in [6.07, 6.45) is -0.292. The first-order valence-electron chi connectivity index (χ1n) is 10.3. The quantitative estimate of drug-likeness (QED) is 0.645. The van der Waals surface area contributed by atoms with Crippen LogP contribution in [0.15, 0.2) is 39.9 Å². The molecule has 0 atom stereocenters. The molecule has 0 aliphatic carbocycles. The van der Waals surface area contributed by atoms with E-state index < -0.39 is 11.2 Å². The van der Waals surface area contributed by atoms with E-state index in [4.69, 9.17) is 4.74 Å². The number of rotatable bonds is 5. The maximum Gasteiger partial charge on any atom is 0.409 e. The van der Waals surface area contributed by atoms with Crippen molar-refractivity contribution in [2.45, 2.75) is 20.0 Å². The van der Waals surface area contributed by atoms with Gasteiger partial charge in [-0.3, -0.25) is 19.2 Å². The molecule has 3 heterocycles. The van der Waals surface area contributed by atoms with E-state index in [0.29, 0.717) is 62.9 Å². The van der Waals surface area contributed by atoms with Crippen molar-refractivity contribution in [1.82, 2.24) is 28.9 Å². The Labute approximate surface area is 178 Å². The second kappa shape index (κ2) is 8.76. The second-order valence-corrected chi connectivity index (χ2v) is 7.55. The highest BCUT2D eigenvalue weighted by Gasteiger charge is 2.24. The van der Waals surface area contributed by atoms with E-state index in [1.165, 1.54) is 4.57 Å². The molecule has 10 heteroatoms. The molecule has 1 N–H and O–H groups in total. The van der Waals surface area contributed by atoms with Crippen LogP contribution in [0.25, 0.3) is 11.2 Å². The van der Waals surface area contributed by atoms with Crippen molar-refractivity contribution in [3.05, 3.63) is 62.6 Å². The Morgan fingerprint density at radius 2 is 1.81 bits per heavy atom. The van der Waals surface area contributed by atoms with Gasteiger partial charge in [-0.05, 0) is 12.5 Å². The Kier molecular flexibility index (Phi) is 5.90. The molecule has 10 nitrogen and oxygen atoms in total. The summed E-state index contributed by atoms with van der Waals surface area (Å²) in [7, 11) is 1.60. The number of carbonyl (C=O) groups excluding carboxylic acids is 1. The standard InChI is InChI=1S/C21H26N6O4/c1-3-31-21(30)26-11-9-25(10-12-26)14-16-22-18-17(19(28)23-20(29)24(18)2)27(16)13-15-7-5-4-6-8-15/h4-8H,3,9-14H2,1-2H3,(H,23,28,29). The van der Waals surface area contributed by atoms with Gasteiger partial charge in [0.1, 0.15) is 5.82 Å². The smallest absolute Gasteiger partial charge is 0.409 e. The van der Waals surface area contributed by atoms with E-state index in [2.05, 4.69) is 14.9 Å². The predicted molar refractivity (Wildman–Crippen MR) is 115 cm³/mol. The molecular weight excluding hydrogens is 400 g/mol. The van der Waals surface area contributed by atoms with Gasteiger partial charge < -0.3 is 14.2 Å². The number of imidazole rings is 1. The monoisotopic (exact) mass is 426 g/mol. The van der Waals surface area contributed by atoms with E-state index in [9.17, 15) is 14.4 Å². The molecule has 0 bridgehead atoms. The Morgan fingerprint density at radius 1 is 1.10 bits per heavy atom. The molecule has 31 heavy (non-hydrogen) atoms. The van der Waals surface area contributed by atoms with Crippen molar-refractivity contribution >= 4 is 17.3 Å². The van der Waals surface area contributed by atoms with E-state index in [1.807, 2.05) is 34.9 Å². The number of carbonyl (C=O) groups is 1. The maximum atomic E-state index is 12.6. The van der Waals surface area contributed by atoms with E-state index in [1.54, 1.807) is 18.9 Å². The van der Waals surface area contributed by atoms with E-state index in [-0.39, 0.29) is 6.09 Å². The number of benzene rings is 1. The molecule has 0 unspecified atom stereocenters. The average molecular weight is 426 g/mol. The first kappa shape index (κ1) is 20.9. The highest BCUT2D eigenvalue weighted by Crippen LogP contribution is 2.17. The lowest BCUT2D eigenvalue weighted by Gasteiger charge is -2.33. The number of ether oxygens (including phenoxy) is 1. The Bertz CT molecular complexity index is 1190. The molecule has 0 saturated carbocycles. The number of piperazine rings is 1. The minimum Gasteiger partial charge on any atom is -0.450 e. The molecule has 1 aliphatic rings. The zero-order valence-electron chi connectivity index (χ0n) is 17.7. The van der Waals surface area contributed by atoms with Gasteiger partial charge in [-0.25, -0.2) is 14.6 Å². The molecular formula is C21H26N6O4. The topological polar surface area (TPSA) is 105 Å². The number of hydrogen-bond donors (Lipinski definition) is 1. The summed E-state index contributed by atoms with van der Waals surface area (Å²) in [5.41, 5.74) is 0.843. The summed E-state index contributed by atoms with van der Waals surface area (Å²) >= 11 is 0. The average Bonchev–Trinajstić information content (AvgIpc) is 3.12. The molecule has 0 radical (unpaired) electrons. The largest absolute Gasteiger partial charge is 0.450 e. The summed E-state index contributed by atoms with van der Waals surface area (Å²) in [5, 5.41) is 0. The minimum absolute atomic E-state index is 0.292. The molecule has 3 aromatic rings. The number of nitrogens with one attached hydrogen (secondary N) is 1. The van der Waals surface area contributed by atoms with Gasteiger partial charge in [0, 0.05) is 39.8 Å². The van der Waals surface area contributed by atoms with Gasteiger partial charge in [-0.1, -0.05) is 30.3 Å². The van der Waals surface area contributed by atoms with Crippen LogP contribution in [-0.2, 0) is 24.9 Å². The van der Waals surface area contributed by atoms with Crippen molar-refractivity contribution in [2.24, 2.45) is 7.05 Å². The van der Waals surface area contributed by atoms with Crippen molar-refractivity contribution in [3.63, 3.8) is 0 Å². The van der Waals surface area contributed by atoms with Gasteiger partial charge in [-0.15, -0.1) is 0 Å². The van der Waals surface area contributed by atoms with Crippen LogP contribution in [0.3, 0.4) is 0 Å². The fourth-order valence-corrected chi connectivity index (χ4v) is 3.84. The molecule has 2 aromatic heterocycles. The highest BCUT2D eigenvalue weighted by atomic mass is 16.6. The normalized spacial score (nSPS) is 14.8. The molecule has 4 rings (SSSR count). The molecule has 1 amide bonds. The van der Waals surface area contributed by atoms with Crippen LogP contribution in [0.5, 0.6) is 0 Å². The summed E-state index contributed by atoms with van der Waals surface area (Å²) < 4.78 is 8.32. The van der Waals surface area contributed by atoms with Crippen LogP contribution < -0.4 is 11.2 Å². The Balaban J connectivity index is 1.64. The first-order valence-corrected chi connectivity index (χ1v) is 10.3. The fraction of sp³-hybridized carbons (Fsp3) is 0.429. The van der Waals surface area contributed by atoms with Crippen LogP contribution >= 0.6 is 0 Å². The van der Waals surface area contributed by atoms with Crippen LogP contribution in [0, 0.1) is 0 Å². The number of fused-ring (bicyclic) bond motifs is 1. The number of aromatic nitrogens is 4. The van der Waals surface area contributed by atoms with Gasteiger partial charge in [-0.2, -0.15) is 0 Å². The zero-order valence-corrected chi connectivity index (χ0v) is 17.7. The number of H-pyrrole nitrogens is 1. The van der Waals surface area contributed by atoms with Crippen LogP contribution in [-0.4, -0.2) is 67.8 Å². The second-order valence-electron chi connectivity index (χ2n) is 7.55. The van der Waals surface area contributed by atoms with Gasteiger partial charge >= 0.3 is 11.8 Å². The Morgan fingerprint density at radius 3 is 2.48 bits per heavy atom. The number of nitrogens with zero attached hydrogens (tertiary/aromatic N) is 5. The van der Waals surface area contributed by atoms with Gasteiger partial charge in [0.15, 0.2) is 11.2 Å². The van der Waals surface area contributed by atoms with Crippen molar-refractivity contribution < 1.29 is 9.53 Å². The Hall–Kier alpha value is -3.40. The van der Waals surface area contributed by atoms with Gasteiger partial charge in [0.25, 0.3) is 5.56 Å². The van der Waals surface area contributed by atoms with Crippen LogP contribution in [0.2, 0.25) is 0 Å². The first-order chi connectivity index (χ1) is 15.0. The molecule has 0 spiro atoms. The van der Waals surface area contributed by atoms with Crippen LogP contribution in [0.1, 0.15) is 18.3 Å². The predicted octanol–water partition coefficient (Wildman–Crippen LogP) is 0.746. The van der Waals surface area contributed by atoms with Crippen molar-refractivity contribution in [2.75, 3.05) is 32.8 Å².